The number of benzene rings is 2. The maximum Gasteiger partial charge on any atom is 0.272 e. The maximum absolute atomic E-state index is 12.4. The van der Waals surface area contributed by atoms with Crippen LogP contribution in [0.15, 0.2) is 66.9 Å². The molecule has 0 aliphatic rings. The van der Waals surface area contributed by atoms with Gasteiger partial charge in [0.25, 0.3) is 5.91 Å². The molecule has 3 N–H and O–H groups in total. The Balaban J connectivity index is 1.82. The number of nitrogens with one attached hydrogen (secondary N) is 1. The standard InChI is InChI=1S/C18H15ClN4O2/c19-13-8-4-5-9-15(13)23-11-10-14(22-23)18(25)21-16(17(20)24)12-6-2-1-3-7-12/h1-11,16H,(H2,20,24)(H,21,25). The Labute approximate surface area is 149 Å². The van der Waals surface area contributed by atoms with Crippen LogP contribution < -0.4 is 11.1 Å². The Bertz CT molecular complexity index is 908. The highest BCUT2D eigenvalue weighted by atomic mass is 35.5. The van der Waals surface area contributed by atoms with Crippen LogP contribution in [0.2, 0.25) is 5.02 Å². The molecule has 3 aromatic rings. The normalized spacial score (nSPS) is 11.7. The predicted molar refractivity (Wildman–Crippen MR) is 94.4 cm³/mol. The minimum Gasteiger partial charge on any atom is -0.368 e. The highest BCUT2D eigenvalue weighted by molar-refractivity contribution is 6.32. The summed E-state index contributed by atoms with van der Waals surface area (Å²) in [7, 11) is 0. The topological polar surface area (TPSA) is 90.0 Å². The molecular weight excluding hydrogens is 340 g/mol. The van der Waals surface area contributed by atoms with E-state index in [1.165, 1.54) is 4.68 Å². The van der Waals surface area contributed by atoms with Crippen molar-refractivity contribution in [1.29, 1.82) is 0 Å². The summed E-state index contributed by atoms with van der Waals surface area (Å²) in [6.07, 6.45) is 1.62. The minimum atomic E-state index is -0.931. The molecule has 3 rings (SSSR count). The summed E-state index contributed by atoms with van der Waals surface area (Å²) in [4.78, 5) is 24.1. The molecule has 25 heavy (non-hydrogen) atoms. The summed E-state index contributed by atoms with van der Waals surface area (Å²) >= 11 is 6.13. The first-order chi connectivity index (χ1) is 12.1. The summed E-state index contributed by atoms with van der Waals surface area (Å²) < 4.78 is 1.50. The zero-order valence-electron chi connectivity index (χ0n) is 13.1. The lowest BCUT2D eigenvalue weighted by atomic mass is 10.1. The first-order valence-corrected chi connectivity index (χ1v) is 7.90. The molecule has 126 valence electrons. The molecule has 1 heterocycles. The van der Waals surface area contributed by atoms with Crippen molar-refractivity contribution in [3.05, 3.63) is 83.1 Å². The van der Waals surface area contributed by atoms with Crippen molar-refractivity contribution in [2.45, 2.75) is 6.04 Å². The van der Waals surface area contributed by atoms with E-state index in [-0.39, 0.29) is 5.69 Å². The molecule has 1 atom stereocenters. The number of amides is 2. The van der Waals surface area contributed by atoms with Gasteiger partial charge in [0.15, 0.2) is 5.69 Å². The lowest BCUT2D eigenvalue weighted by Crippen LogP contribution is -2.37. The molecule has 2 amide bonds. The van der Waals surface area contributed by atoms with Crippen molar-refractivity contribution in [1.82, 2.24) is 15.1 Å². The van der Waals surface area contributed by atoms with Crippen molar-refractivity contribution in [2.24, 2.45) is 5.73 Å². The maximum atomic E-state index is 12.4. The van der Waals surface area contributed by atoms with Crippen molar-refractivity contribution >= 4 is 23.4 Å². The third kappa shape index (κ3) is 3.70. The molecule has 1 unspecified atom stereocenters. The number of halogens is 1. The highest BCUT2D eigenvalue weighted by Gasteiger charge is 2.22. The lowest BCUT2D eigenvalue weighted by molar-refractivity contribution is -0.120. The number of nitrogens with two attached hydrogens (primary N) is 1. The second kappa shape index (κ2) is 7.19. The van der Waals surface area contributed by atoms with E-state index in [0.717, 1.165) is 0 Å². The Morgan fingerprint density at radius 1 is 1.04 bits per heavy atom. The summed E-state index contributed by atoms with van der Waals surface area (Å²) in [6.45, 7) is 0. The smallest absolute Gasteiger partial charge is 0.272 e. The monoisotopic (exact) mass is 354 g/mol. The molecule has 6 nitrogen and oxygen atoms in total. The van der Waals surface area contributed by atoms with Gasteiger partial charge < -0.3 is 11.1 Å². The lowest BCUT2D eigenvalue weighted by Gasteiger charge is -2.15. The van der Waals surface area contributed by atoms with Gasteiger partial charge >= 0.3 is 0 Å². The van der Waals surface area contributed by atoms with Crippen molar-refractivity contribution in [3.8, 4) is 5.69 Å². The van der Waals surface area contributed by atoms with Gasteiger partial charge in [-0.3, -0.25) is 9.59 Å². The van der Waals surface area contributed by atoms with E-state index < -0.39 is 17.9 Å². The number of primary amides is 1. The van der Waals surface area contributed by atoms with Crippen LogP contribution in [-0.4, -0.2) is 21.6 Å². The van der Waals surface area contributed by atoms with Crippen LogP contribution in [0, 0.1) is 0 Å². The minimum absolute atomic E-state index is 0.155. The van der Waals surface area contributed by atoms with Crippen molar-refractivity contribution in [2.75, 3.05) is 0 Å². The molecule has 0 fully saturated rings. The molecule has 7 heteroatoms. The fraction of sp³-hybridized carbons (Fsp3) is 0.0556. The summed E-state index contributed by atoms with van der Waals surface area (Å²) in [5.41, 5.74) is 6.83. The van der Waals surface area contributed by atoms with Crippen LogP contribution in [0.1, 0.15) is 22.1 Å². The van der Waals surface area contributed by atoms with Crippen LogP contribution in [0.3, 0.4) is 0 Å². The number of para-hydroxylation sites is 1. The second-order valence-electron chi connectivity index (χ2n) is 5.32. The number of rotatable bonds is 5. The molecule has 0 aliphatic carbocycles. The molecule has 1 aromatic heterocycles. The van der Waals surface area contributed by atoms with Crippen LogP contribution in [-0.2, 0) is 4.79 Å². The van der Waals surface area contributed by atoms with Gasteiger partial charge in [-0.1, -0.05) is 54.1 Å². The fourth-order valence-corrected chi connectivity index (χ4v) is 2.61. The van der Waals surface area contributed by atoms with Gasteiger partial charge in [-0.2, -0.15) is 5.10 Å². The quantitative estimate of drug-likeness (QED) is 0.737. The van der Waals surface area contributed by atoms with E-state index in [1.54, 1.807) is 54.7 Å². The summed E-state index contributed by atoms with van der Waals surface area (Å²) in [5.74, 6) is -1.15. The SMILES string of the molecule is NC(=O)C(NC(=O)c1ccn(-c2ccccc2Cl)n1)c1ccccc1. The number of nitrogens with zero attached hydrogens (tertiary/aromatic N) is 2. The summed E-state index contributed by atoms with van der Waals surface area (Å²) in [6, 6.07) is 16.5. The van der Waals surface area contributed by atoms with E-state index in [4.69, 9.17) is 17.3 Å². The number of carbonyl (C=O) groups excluding carboxylic acids is 2. The molecule has 0 saturated carbocycles. The Morgan fingerprint density at radius 3 is 2.40 bits per heavy atom. The second-order valence-corrected chi connectivity index (χ2v) is 5.72. The van der Waals surface area contributed by atoms with E-state index in [9.17, 15) is 9.59 Å². The molecular formula is C18H15ClN4O2. The molecule has 0 spiro atoms. The number of carbonyl (C=O) groups is 2. The van der Waals surface area contributed by atoms with Gasteiger partial charge in [0.1, 0.15) is 6.04 Å². The Morgan fingerprint density at radius 2 is 1.72 bits per heavy atom. The van der Waals surface area contributed by atoms with Crippen LogP contribution in [0.25, 0.3) is 5.69 Å². The number of hydrogen-bond acceptors (Lipinski definition) is 3. The zero-order valence-corrected chi connectivity index (χ0v) is 13.9. The Hall–Kier alpha value is -3.12. The molecule has 2 aromatic carbocycles. The van der Waals surface area contributed by atoms with Gasteiger partial charge in [-0.05, 0) is 23.8 Å². The third-order valence-corrected chi connectivity index (χ3v) is 3.93. The average Bonchev–Trinajstić information content (AvgIpc) is 3.10. The Kier molecular flexibility index (Phi) is 4.81. The molecule has 0 saturated heterocycles. The molecule has 0 bridgehead atoms. The van der Waals surface area contributed by atoms with E-state index in [2.05, 4.69) is 10.4 Å². The van der Waals surface area contributed by atoms with Gasteiger partial charge in [-0.15, -0.1) is 0 Å². The number of aromatic nitrogens is 2. The van der Waals surface area contributed by atoms with Crippen LogP contribution in [0.5, 0.6) is 0 Å². The summed E-state index contributed by atoms with van der Waals surface area (Å²) in [5, 5.41) is 7.33. The van der Waals surface area contributed by atoms with Crippen LogP contribution >= 0.6 is 11.6 Å². The van der Waals surface area contributed by atoms with Gasteiger partial charge in [0.05, 0.1) is 10.7 Å². The fourth-order valence-electron chi connectivity index (χ4n) is 2.39. The molecule has 0 aliphatic heterocycles. The van der Waals surface area contributed by atoms with E-state index in [0.29, 0.717) is 16.3 Å². The third-order valence-electron chi connectivity index (χ3n) is 3.61. The average molecular weight is 355 g/mol. The highest BCUT2D eigenvalue weighted by Crippen LogP contribution is 2.19. The van der Waals surface area contributed by atoms with Crippen molar-refractivity contribution < 1.29 is 9.59 Å². The van der Waals surface area contributed by atoms with Gasteiger partial charge in [0, 0.05) is 6.20 Å². The predicted octanol–water partition coefficient (Wildman–Crippen LogP) is 2.48. The van der Waals surface area contributed by atoms with E-state index >= 15 is 0 Å². The van der Waals surface area contributed by atoms with Crippen LogP contribution in [0.4, 0.5) is 0 Å². The largest absolute Gasteiger partial charge is 0.368 e. The van der Waals surface area contributed by atoms with E-state index in [1.807, 2.05) is 12.1 Å². The zero-order chi connectivity index (χ0) is 17.8. The van der Waals surface area contributed by atoms with Crippen molar-refractivity contribution in [3.63, 3.8) is 0 Å². The molecule has 0 radical (unpaired) electrons. The first kappa shape index (κ1) is 16.7. The van der Waals surface area contributed by atoms with Gasteiger partial charge in [-0.25, -0.2) is 4.68 Å². The number of hydrogen-bond donors (Lipinski definition) is 2. The van der Waals surface area contributed by atoms with Gasteiger partial charge in [0.2, 0.25) is 5.91 Å². The first-order valence-electron chi connectivity index (χ1n) is 7.52.